The predicted molar refractivity (Wildman–Crippen MR) is 92.8 cm³/mol. The largest absolute Gasteiger partial charge is 0.462 e. The molecule has 0 saturated carbocycles. The van der Waals surface area contributed by atoms with Crippen LogP contribution in [0.5, 0.6) is 0 Å². The number of hydrogen-bond acceptors (Lipinski definition) is 4. The van der Waals surface area contributed by atoms with Crippen molar-refractivity contribution in [2.45, 2.75) is 38.0 Å². The maximum atomic E-state index is 13.0. The highest BCUT2D eigenvalue weighted by molar-refractivity contribution is 7.89. The third-order valence-electron chi connectivity index (χ3n) is 3.86. The van der Waals surface area contributed by atoms with Crippen molar-refractivity contribution in [1.29, 1.82) is 0 Å². The summed E-state index contributed by atoms with van der Waals surface area (Å²) < 4.78 is 32.3. The van der Waals surface area contributed by atoms with Gasteiger partial charge in [0.25, 0.3) is 10.0 Å². The monoisotopic (exact) mass is 349 g/mol. The zero-order valence-corrected chi connectivity index (χ0v) is 14.9. The highest BCUT2D eigenvalue weighted by Crippen LogP contribution is 2.28. The number of rotatable bonds is 5. The molecule has 1 heterocycles. The molecular formula is C18H23NO4S. The van der Waals surface area contributed by atoms with Gasteiger partial charge in [-0.25, -0.2) is 13.2 Å². The summed E-state index contributed by atoms with van der Waals surface area (Å²) in [6.45, 7) is 7.90. The molecule has 0 fully saturated rings. The van der Waals surface area contributed by atoms with Crippen molar-refractivity contribution in [2.24, 2.45) is 0 Å². The van der Waals surface area contributed by atoms with Gasteiger partial charge in [0.05, 0.1) is 22.8 Å². The van der Waals surface area contributed by atoms with Crippen LogP contribution in [0.1, 0.15) is 31.7 Å². The molecule has 0 bridgehead atoms. The van der Waals surface area contributed by atoms with Gasteiger partial charge in [-0.15, -0.1) is 0 Å². The summed E-state index contributed by atoms with van der Waals surface area (Å²) in [5.41, 5.74) is 1.39. The number of esters is 1. The van der Waals surface area contributed by atoms with Gasteiger partial charge in [-0.1, -0.05) is 30.4 Å². The molecule has 0 unspecified atom stereocenters. The fourth-order valence-corrected chi connectivity index (χ4v) is 4.09. The second kappa shape index (κ2) is 7.66. The average molecular weight is 349 g/mol. The molecule has 5 nitrogen and oxygen atoms in total. The van der Waals surface area contributed by atoms with E-state index in [1.54, 1.807) is 37.3 Å². The molecule has 0 aliphatic carbocycles. The maximum Gasteiger partial charge on any atom is 0.339 e. The lowest BCUT2D eigenvalue weighted by atomic mass is 10.2. The van der Waals surface area contributed by atoms with E-state index < -0.39 is 16.0 Å². The Bertz CT molecular complexity index is 748. The lowest BCUT2D eigenvalue weighted by Gasteiger charge is -2.26. The first-order chi connectivity index (χ1) is 11.4. The Morgan fingerprint density at radius 3 is 2.54 bits per heavy atom. The molecule has 0 amide bonds. The number of benzene rings is 1. The topological polar surface area (TPSA) is 63.7 Å². The van der Waals surface area contributed by atoms with Gasteiger partial charge >= 0.3 is 5.97 Å². The number of nitrogens with zero attached hydrogens (tertiary/aromatic N) is 1. The molecule has 130 valence electrons. The van der Waals surface area contributed by atoms with Crippen LogP contribution in [0.4, 0.5) is 0 Å². The van der Waals surface area contributed by atoms with E-state index in [0.717, 1.165) is 18.4 Å². The Labute approximate surface area is 143 Å². The van der Waals surface area contributed by atoms with Crippen molar-refractivity contribution < 1.29 is 17.9 Å². The first-order valence-corrected chi connectivity index (χ1v) is 9.48. The van der Waals surface area contributed by atoms with Crippen molar-refractivity contribution in [3.63, 3.8) is 0 Å². The SMILES string of the molecule is C=C(C(=O)OCC)C1=CCCCCN1S(=O)(=O)c1ccc(C)cc1. The van der Waals surface area contributed by atoms with Crippen LogP contribution >= 0.6 is 0 Å². The summed E-state index contributed by atoms with van der Waals surface area (Å²) in [4.78, 5) is 12.2. The van der Waals surface area contributed by atoms with Gasteiger partial charge in [-0.3, -0.25) is 4.31 Å². The highest BCUT2D eigenvalue weighted by Gasteiger charge is 2.30. The van der Waals surface area contributed by atoms with E-state index in [1.807, 2.05) is 6.92 Å². The summed E-state index contributed by atoms with van der Waals surface area (Å²) in [7, 11) is -3.75. The second-order valence-electron chi connectivity index (χ2n) is 5.67. The molecule has 1 aromatic rings. The highest BCUT2D eigenvalue weighted by atomic mass is 32.2. The molecular weight excluding hydrogens is 326 g/mol. The first kappa shape index (κ1) is 18.3. The number of sulfonamides is 1. The minimum atomic E-state index is -3.75. The molecule has 0 aromatic heterocycles. The van der Waals surface area contributed by atoms with Gasteiger partial charge in [0, 0.05) is 6.54 Å². The van der Waals surface area contributed by atoms with Crippen LogP contribution in [0, 0.1) is 6.92 Å². The van der Waals surface area contributed by atoms with E-state index in [4.69, 9.17) is 4.74 Å². The molecule has 0 N–H and O–H groups in total. The fourth-order valence-electron chi connectivity index (χ4n) is 2.54. The number of hydrogen-bond donors (Lipinski definition) is 0. The number of carbonyl (C=O) groups is 1. The molecule has 1 aliphatic heterocycles. The summed E-state index contributed by atoms with van der Waals surface area (Å²) in [6, 6.07) is 6.68. The minimum Gasteiger partial charge on any atom is -0.462 e. The smallest absolute Gasteiger partial charge is 0.339 e. The number of carbonyl (C=O) groups excluding carboxylic acids is 1. The second-order valence-corrected chi connectivity index (χ2v) is 7.54. The third-order valence-corrected chi connectivity index (χ3v) is 5.69. The Hall–Kier alpha value is -2.08. The lowest BCUT2D eigenvalue weighted by Crippen LogP contribution is -2.33. The molecule has 1 aromatic carbocycles. The summed E-state index contributed by atoms with van der Waals surface area (Å²) in [5, 5.41) is 0. The molecule has 1 aliphatic rings. The number of aryl methyl sites for hydroxylation is 1. The molecule has 0 spiro atoms. The quantitative estimate of drug-likeness (QED) is 0.605. The summed E-state index contributed by atoms with van der Waals surface area (Å²) >= 11 is 0. The zero-order valence-electron chi connectivity index (χ0n) is 14.1. The first-order valence-electron chi connectivity index (χ1n) is 8.04. The molecule has 0 atom stereocenters. The molecule has 6 heteroatoms. The van der Waals surface area contributed by atoms with Gasteiger partial charge in [-0.2, -0.15) is 0 Å². The van der Waals surface area contributed by atoms with E-state index in [2.05, 4.69) is 6.58 Å². The van der Waals surface area contributed by atoms with Gasteiger partial charge in [0.15, 0.2) is 0 Å². The van der Waals surface area contributed by atoms with Crippen molar-refractivity contribution in [3.8, 4) is 0 Å². The fraction of sp³-hybridized carbons (Fsp3) is 0.389. The molecule has 24 heavy (non-hydrogen) atoms. The Kier molecular flexibility index (Phi) is 5.83. The van der Waals surface area contributed by atoms with E-state index in [1.165, 1.54) is 4.31 Å². The van der Waals surface area contributed by atoms with Crippen LogP contribution < -0.4 is 0 Å². The third kappa shape index (κ3) is 3.87. The van der Waals surface area contributed by atoms with E-state index in [9.17, 15) is 13.2 Å². The normalized spacial score (nSPS) is 15.4. The number of allylic oxidation sites excluding steroid dienone is 1. The van der Waals surface area contributed by atoms with Crippen LogP contribution in [0.3, 0.4) is 0 Å². The molecule has 0 saturated heterocycles. The maximum absolute atomic E-state index is 13.0. The number of ether oxygens (including phenoxy) is 1. The van der Waals surface area contributed by atoms with Gasteiger partial charge in [0.1, 0.15) is 0 Å². The Morgan fingerprint density at radius 2 is 1.92 bits per heavy atom. The minimum absolute atomic E-state index is 0.0782. The lowest BCUT2D eigenvalue weighted by molar-refractivity contribution is -0.138. The zero-order chi connectivity index (χ0) is 17.7. The summed E-state index contributed by atoms with van der Waals surface area (Å²) in [5.74, 6) is -0.588. The van der Waals surface area contributed by atoms with Gasteiger partial charge in [-0.05, 0) is 45.2 Å². The van der Waals surface area contributed by atoms with E-state index in [-0.39, 0.29) is 17.1 Å². The van der Waals surface area contributed by atoms with Gasteiger partial charge in [0.2, 0.25) is 0 Å². The predicted octanol–water partition coefficient (Wildman–Crippen LogP) is 3.17. The van der Waals surface area contributed by atoms with Crippen molar-refractivity contribution in [1.82, 2.24) is 4.31 Å². The van der Waals surface area contributed by atoms with E-state index in [0.29, 0.717) is 18.7 Å². The average Bonchev–Trinajstić information content (AvgIpc) is 2.81. The van der Waals surface area contributed by atoms with Crippen molar-refractivity contribution in [2.75, 3.05) is 13.2 Å². The van der Waals surface area contributed by atoms with Gasteiger partial charge < -0.3 is 4.74 Å². The Balaban J connectivity index is 2.42. The van der Waals surface area contributed by atoms with Crippen molar-refractivity contribution >= 4 is 16.0 Å². The van der Waals surface area contributed by atoms with Crippen LogP contribution in [-0.4, -0.2) is 31.8 Å². The van der Waals surface area contributed by atoms with Crippen molar-refractivity contribution in [3.05, 3.63) is 53.8 Å². The molecule has 2 rings (SSSR count). The van der Waals surface area contributed by atoms with Crippen LogP contribution in [0.2, 0.25) is 0 Å². The van der Waals surface area contributed by atoms with E-state index >= 15 is 0 Å². The molecule has 0 radical (unpaired) electrons. The Morgan fingerprint density at radius 1 is 1.25 bits per heavy atom. The summed E-state index contributed by atoms with van der Waals surface area (Å²) in [6.07, 6.45) is 4.05. The standard InChI is InChI=1S/C18H23NO4S/c1-4-23-18(20)15(3)17-8-6-5-7-13-19(17)24(21,22)16-11-9-14(2)10-12-16/h8-12H,3-7,13H2,1-2H3. The van der Waals surface area contributed by atoms with Crippen LogP contribution in [0.25, 0.3) is 0 Å². The van der Waals surface area contributed by atoms with Crippen LogP contribution in [0.15, 0.2) is 53.1 Å². The van der Waals surface area contributed by atoms with Crippen LogP contribution in [-0.2, 0) is 19.6 Å².